The average Bonchev–Trinajstić information content (AvgIpc) is 2.15. The fourth-order valence-corrected chi connectivity index (χ4v) is 1.00. The smallest absolute Gasteiger partial charge is 0.423 e. The van der Waals surface area contributed by atoms with Crippen molar-refractivity contribution in [2.24, 2.45) is 0 Å². The number of benzene rings is 1. The molecule has 0 bridgehead atoms. The van der Waals surface area contributed by atoms with Crippen molar-refractivity contribution in [1.29, 1.82) is 0 Å². The number of hydrogen-bond donors (Lipinski definition) is 2. The lowest BCUT2D eigenvalue weighted by Gasteiger charge is -2.06. The summed E-state index contributed by atoms with van der Waals surface area (Å²) in [6, 6.07) is 4.10. The van der Waals surface area contributed by atoms with E-state index in [9.17, 15) is 18.0 Å². The van der Waals surface area contributed by atoms with Crippen LogP contribution in [0.2, 0.25) is 0 Å². The maximum Gasteiger partial charge on any atom is 0.488 e. The van der Waals surface area contributed by atoms with Crippen LogP contribution in [-0.2, 0) is 0 Å². The fraction of sp³-hybridized carbons (Fsp3) is 0.125. The van der Waals surface area contributed by atoms with Crippen molar-refractivity contribution in [2.45, 2.75) is 6.18 Å². The molecular weight excluding hydrogens is 212 g/mol. The molecule has 0 atom stereocenters. The molecular formula is C8H6BF3O3. The third-order valence-corrected chi connectivity index (χ3v) is 1.70. The monoisotopic (exact) mass is 218 g/mol. The van der Waals surface area contributed by atoms with E-state index in [1.165, 1.54) is 6.07 Å². The maximum absolute atomic E-state index is 12.0. The molecule has 0 radical (unpaired) electrons. The first-order chi connectivity index (χ1) is 6.82. The molecule has 0 unspecified atom stereocenters. The molecule has 0 aliphatic heterocycles. The summed E-state index contributed by atoms with van der Waals surface area (Å²) >= 11 is 0. The Hall–Kier alpha value is -1.34. The molecule has 0 fully saturated rings. The molecule has 1 rings (SSSR count). The minimum Gasteiger partial charge on any atom is -0.423 e. The van der Waals surface area contributed by atoms with Crippen LogP contribution in [0, 0.1) is 0 Å². The molecule has 3 nitrogen and oxygen atoms in total. The molecule has 0 saturated heterocycles. The van der Waals surface area contributed by atoms with Crippen molar-refractivity contribution >= 4 is 18.4 Å². The molecule has 80 valence electrons. The van der Waals surface area contributed by atoms with Crippen molar-refractivity contribution < 1.29 is 28.0 Å². The zero-order valence-electron chi connectivity index (χ0n) is 7.32. The van der Waals surface area contributed by atoms with Crippen LogP contribution in [0.1, 0.15) is 10.4 Å². The summed E-state index contributed by atoms with van der Waals surface area (Å²) in [6.07, 6.45) is -4.96. The first-order valence-electron chi connectivity index (χ1n) is 3.90. The highest BCUT2D eigenvalue weighted by Crippen LogP contribution is 2.20. The normalized spacial score (nSPS) is 11.3. The molecule has 0 aromatic heterocycles. The minimum absolute atomic E-state index is 0.162. The number of Topliss-reactive ketones (excluding diaryl/α,β-unsaturated/α-hetero) is 1. The summed E-state index contributed by atoms with van der Waals surface area (Å²) in [7, 11) is -1.90. The summed E-state index contributed by atoms with van der Waals surface area (Å²) in [5.74, 6) is -2.01. The van der Waals surface area contributed by atoms with Gasteiger partial charge in [-0.15, -0.1) is 0 Å². The zero-order chi connectivity index (χ0) is 11.6. The Morgan fingerprint density at radius 2 is 1.87 bits per heavy atom. The summed E-state index contributed by atoms with van der Waals surface area (Å²) in [4.78, 5) is 10.8. The van der Waals surface area contributed by atoms with E-state index in [4.69, 9.17) is 10.0 Å². The number of ketones is 1. The SMILES string of the molecule is O=C(c1cccc(B(O)O)c1)C(F)(F)F. The van der Waals surface area contributed by atoms with E-state index in [-0.39, 0.29) is 5.46 Å². The van der Waals surface area contributed by atoms with Crippen molar-refractivity contribution in [3.8, 4) is 0 Å². The van der Waals surface area contributed by atoms with Gasteiger partial charge in [-0.3, -0.25) is 4.79 Å². The van der Waals surface area contributed by atoms with Gasteiger partial charge in [0.25, 0.3) is 5.78 Å². The second-order valence-corrected chi connectivity index (χ2v) is 2.83. The minimum atomic E-state index is -4.96. The molecule has 1 aromatic carbocycles. The van der Waals surface area contributed by atoms with Crippen LogP contribution >= 0.6 is 0 Å². The molecule has 0 saturated carbocycles. The Balaban J connectivity index is 3.06. The molecule has 1 aromatic rings. The topological polar surface area (TPSA) is 57.5 Å². The van der Waals surface area contributed by atoms with Gasteiger partial charge in [-0.05, 0) is 5.46 Å². The summed E-state index contributed by atoms with van der Waals surface area (Å²) < 4.78 is 36.0. The lowest BCUT2D eigenvalue weighted by atomic mass is 9.79. The molecule has 0 aliphatic carbocycles. The lowest BCUT2D eigenvalue weighted by Crippen LogP contribution is -2.31. The van der Waals surface area contributed by atoms with Gasteiger partial charge in [0.15, 0.2) is 0 Å². The van der Waals surface area contributed by atoms with Gasteiger partial charge in [0.1, 0.15) is 0 Å². The van der Waals surface area contributed by atoms with Gasteiger partial charge in [-0.2, -0.15) is 13.2 Å². The van der Waals surface area contributed by atoms with E-state index >= 15 is 0 Å². The molecule has 2 N–H and O–H groups in total. The van der Waals surface area contributed by atoms with Crippen LogP contribution in [0.3, 0.4) is 0 Å². The lowest BCUT2D eigenvalue weighted by molar-refractivity contribution is -0.0885. The highest BCUT2D eigenvalue weighted by atomic mass is 19.4. The van der Waals surface area contributed by atoms with Gasteiger partial charge in [0.2, 0.25) is 0 Å². The Labute approximate surface area is 83.3 Å². The second-order valence-electron chi connectivity index (χ2n) is 2.83. The van der Waals surface area contributed by atoms with Crippen molar-refractivity contribution in [1.82, 2.24) is 0 Å². The zero-order valence-corrected chi connectivity index (χ0v) is 7.32. The van der Waals surface area contributed by atoms with Crippen LogP contribution in [0.4, 0.5) is 13.2 Å². The first kappa shape index (κ1) is 11.7. The average molecular weight is 218 g/mol. The number of hydrogen-bond acceptors (Lipinski definition) is 3. The Bertz CT molecular complexity index is 376. The standard InChI is InChI=1S/C8H6BF3O3/c10-8(11,12)7(13)5-2-1-3-6(4-5)9(14)15/h1-4,14-15H. The van der Waals surface area contributed by atoms with E-state index in [0.29, 0.717) is 0 Å². The Kier molecular flexibility index (Phi) is 3.16. The quantitative estimate of drug-likeness (QED) is 0.547. The van der Waals surface area contributed by atoms with Gasteiger partial charge in [-0.1, -0.05) is 24.3 Å². The van der Waals surface area contributed by atoms with Gasteiger partial charge in [-0.25, -0.2) is 0 Å². The number of halogens is 3. The van der Waals surface area contributed by atoms with Gasteiger partial charge in [0, 0.05) is 5.56 Å². The van der Waals surface area contributed by atoms with Crippen molar-refractivity contribution in [2.75, 3.05) is 0 Å². The number of rotatable bonds is 2. The Morgan fingerprint density at radius 3 is 2.33 bits per heavy atom. The van der Waals surface area contributed by atoms with Gasteiger partial charge in [0.05, 0.1) is 0 Å². The van der Waals surface area contributed by atoms with E-state index in [2.05, 4.69) is 0 Å². The van der Waals surface area contributed by atoms with Crippen molar-refractivity contribution in [3.05, 3.63) is 29.8 Å². The third kappa shape index (κ3) is 2.80. The summed E-state index contributed by atoms with van der Waals surface area (Å²) in [5, 5.41) is 17.4. The first-order valence-corrected chi connectivity index (χ1v) is 3.90. The Morgan fingerprint density at radius 1 is 1.27 bits per heavy atom. The highest BCUT2D eigenvalue weighted by molar-refractivity contribution is 6.58. The van der Waals surface area contributed by atoms with E-state index in [1.54, 1.807) is 0 Å². The maximum atomic E-state index is 12.0. The molecule has 0 amide bonds. The van der Waals surface area contributed by atoms with Gasteiger partial charge < -0.3 is 10.0 Å². The predicted octanol–water partition coefficient (Wildman–Crippen LogP) is 0.111. The van der Waals surface area contributed by atoms with Crippen LogP contribution in [-0.4, -0.2) is 29.1 Å². The predicted molar refractivity (Wildman–Crippen MR) is 46.7 cm³/mol. The largest absolute Gasteiger partial charge is 0.488 e. The third-order valence-electron chi connectivity index (χ3n) is 1.70. The molecule has 0 spiro atoms. The summed E-state index contributed by atoms with van der Waals surface area (Å²) in [5.41, 5.74) is -0.779. The molecule has 7 heteroatoms. The second kappa shape index (κ2) is 4.04. The van der Waals surface area contributed by atoms with Gasteiger partial charge >= 0.3 is 13.3 Å². The van der Waals surface area contributed by atoms with E-state index in [1.807, 2.05) is 0 Å². The van der Waals surface area contributed by atoms with Crippen LogP contribution in [0.25, 0.3) is 0 Å². The van der Waals surface area contributed by atoms with E-state index in [0.717, 1.165) is 18.2 Å². The molecule has 15 heavy (non-hydrogen) atoms. The highest BCUT2D eigenvalue weighted by Gasteiger charge is 2.39. The summed E-state index contributed by atoms with van der Waals surface area (Å²) in [6.45, 7) is 0. The number of alkyl halides is 3. The van der Waals surface area contributed by atoms with Crippen LogP contribution in [0.15, 0.2) is 24.3 Å². The molecule has 0 heterocycles. The number of carbonyl (C=O) groups excluding carboxylic acids is 1. The number of carbonyl (C=O) groups is 1. The fourth-order valence-electron chi connectivity index (χ4n) is 1.00. The van der Waals surface area contributed by atoms with Crippen molar-refractivity contribution in [3.63, 3.8) is 0 Å². The van der Waals surface area contributed by atoms with Crippen LogP contribution in [0.5, 0.6) is 0 Å². The van der Waals surface area contributed by atoms with E-state index < -0.39 is 24.6 Å². The van der Waals surface area contributed by atoms with Crippen LogP contribution < -0.4 is 5.46 Å². The molecule has 0 aliphatic rings.